The minimum absolute atomic E-state index is 0.423. The summed E-state index contributed by atoms with van der Waals surface area (Å²) in [6.07, 6.45) is 0. The summed E-state index contributed by atoms with van der Waals surface area (Å²) in [5, 5.41) is 0. The van der Waals surface area contributed by atoms with Crippen LogP contribution in [0.2, 0.25) is 0 Å². The van der Waals surface area contributed by atoms with Gasteiger partial charge in [-0.1, -0.05) is 0 Å². The number of esters is 1. The van der Waals surface area contributed by atoms with Crippen molar-refractivity contribution in [2.24, 2.45) is 5.73 Å². The van der Waals surface area contributed by atoms with Crippen LogP contribution in [0.4, 0.5) is 13.2 Å². The molecule has 2 N–H and O–H groups in total. The van der Waals surface area contributed by atoms with E-state index in [2.05, 4.69) is 4.74 Å². The quantitative estimate of drug-likeness (QED) is 0.464. The molecule has 0 fully saturated rings. The third-order valence-electron chi connectivity index (χ3n) is 1.55. The van der Waals surface area contributed by atoms with Gasteiger partial charge in [0, 0.05) is 12.1 Å². The zero-order valence-electron chi connectivity index (χ0n) is 7.76. The summed E-state index contributed by atoms with van der Waals surface area (Å²) >= 11 is 0. The van der Waals surface area contributed by atoms with E-state index in [0.717, 1.165) is 0 Å². The number of benzene rings is 1. The summed E-state index contributed by atoms with van der Waals surface area (Å²) in [6.45, 7) is 1.35. The van der Waals surface area contributed by atoms with Crippen molar-refractivity contribution >= 4 is 5.97 Å². The van der Waals surface area contributed by atoms with Crippen LogP contribution in [0.15, 0.2) is 12.1 Å². The fraction of sp³-hybridized carbons (Fsp3) is 0.222. The molecule has 0 aromatic heterocycles. The summed E-state index contributed by atoms with van der Waals surface area (Å²) in [7, 11) is 0. The highest BCUT2D eigenvalue weighted by Gasteiger charge is 2.15. The Morgan fingerprint density at radius 2 is 1.80 bits per heavy atom. The van der Waals surface area contributed by atoms with E-state index in [4.69, 9.17) is 5.73 Å². The average Bonchev–Trinajstić information content (AvgIpc) is 2.13. The summed E-state index contributed by atoms with van der Waals surface area (Å²) in [4.78, 5) is 10.9. The van der Waals surface area contributed by atoms with Crippen molar-refractivity contribution in [2.75, 3.05) is 0 Å². The van der Waals surface area contributed by atoms with E-state index in [1.54, 1.807) is 0 Å². The van der Waals surface area contributed by atoms with Crippen molar-refractivity contribution in [1.82, 2.24) is 0 Å². The highest BCUT2D eigenvalue weighted by molar-refractivity contribution is 5.77. The van der Waals surface area contributed by atoms with Gasteiger partial charge >= 0.3 is 5.97 Å². The van der Waals surface area contributed by atoms with Crippen LogP contribution < -0.4 is 10.5 Å². The van der Waals surface area contributed by atoms with Crippen LogP contribution in [0.25, 0.3) is 0 Å². The van der Waals surface area contributed by atoms with Gasteiger partial charge < -0.3 is 10.5 Å². The molecule has 0 aliphatic carbocycles. The van der Waals surface area contributed by atoms with E-state index in [-0.39, 0.29) is 0 Å². The molecule has 6 heteroatoms. The molecule has 0 saturated heterocycles. The van der Waals surface area contributed by atoms with Gasteiger partial charge in [-0.15, -0.1) is 0 Å². The van der Waals surface area contributed by atoms with Gasteiger partial charge in [-0.25, -0.2) is 18.0 Å². The Labute approximate surface area is 83.6 Å². The number of rotatable bonds is 2. The second-order valence-electron chi connectivity index (χ2n) is 2.91. The number of carbonyl (C=O) groups excluding carboxylic acids is 1. The van der Waals surface area contributed by atoms with Crippen LogP contribution in [0.5, 0.6) is 5.75 Å². The lowest BCUT2D eigenvalue weighted by atomic mass is 10.3. The predicted molar refractivity (Wildman–Crippen MR) is 45.6 cm³/mol. The molecule has 1 aromatic carbocycles. The SMILES string of the molecule is C[C@H](N)C(=O)Oc1cc(F)c(F)c(F)c1. The predicted octanol–water partition coefficient (Wildman–Crippen LogP) is 1.36. The van der Waals surface area contributed by atoms with Gasteiger partial charge in [0.25, 0.3) is 0 Å². The molecule has 0 bridgehead atoms. The first kappa shape index (κ1) is 11.5. The maximum Gasteiger partial charge on any atom is 0.328 e. The first-order valence-corrected chi connectivity index (χ1v) is 4.03. The second-order valence-corrected chi connectivity index (χ2v) is 2.91. The highest BCUT2D eigenvalue weighted by Crippen LogP contribution is 2.19. The molecule has 82 valence electrons. The number of carbonyl (C=O) groups is 1. The summed E-state index contributed by atoms with van der Waals surface area (Å²) in [5.74, 6) is -5.75. The van der Waals surface area contributed by atoms with Crippen LogP contribution in [0.3, 0.4) is 0 Å². The zero-order chi connectivity index (χ0) is 11.6. The maximum atomic E-state index is 12.7. The maximum absolute atomic E-state index is 12.7. The Kier molecular flexibility index (Phi) is 3.31. The van der Waals surface area contributed by atoms with Crippen LogP contribution in [-0.4, -0.2) is 12.0 Å². The molecule has 1 aromatic rings. The van der Waals surface area contributed by atoms with E-state index in [0.29, 0.717) is 12.1 Å². The van der Waals surface area contributed by atoms with Gasteiger partial charge in [0.05, 0.1) is 0 Å². The summed E-state index contributed by atoms with van der Waals surface area (Å²) < 4.78 is 42.3. The Bertz CT molecular complexity index is 370. The Morgan fingerprint density at radius 3 is 2.20 bits per heavy atom. The molecule has 1 atom stereocenters. The van der Waals surface area contributed by atoms with Gasteiger partial charge in [-0.3, -0.25) is 0 Å². The van der Waals surface area contributed by atoms with Gasteiger partial charge in [-0.2, -0.15) is 0 Å². The van der Waals surface area contributed by atoms with Gasteiger partial charge in [0.15, 0.2) is 17.5 Å². The average molecular weight is 219 g/mol. The molecule has 0 aliphatic rings. The van der Waals surface area contributed by atoms with Crippen molar-refractivity contribution in [3.63, 3.8) is 0 Å². The molecule has 0 aliphatic heterocycles. The number of nitrogens with two attached hydrogens (primary N) is 1. The second kappa shape index (κ2) is 4.31. The summed E-state index contributed by atoms with van der Waals surface area (Å²) in [6, 6.07) is 0.207. The monoisotopic (exact) mass is 219 g/mol. The molecule has 0 radical (unpaired) electrons. The molecular weight excluding hydrogens is 211 g/mol. The highest BCUT2D eigenvalue weighted by atomic mass is 19.2. The van der Waals surface area contributed by atoms with Gasteiger partial charge in [-0.05, 0) is 6.92 Å². The lowest BCUT2D eigenvalue weighted by molar-refractivity contribution is -0.135. The normalized spacial score (nSPS) is 12.3. The van der Waals surface area contributed by atoms with Crippen molar-refractivity contribution < 1.29 is 22.7 Å². The van der Waals surface area contributed by atoms with Crippen molar-refractivity contribution in [2.45, 2.75) is 13.0 Å². The summed E-state index contributed by atoms with van der Waals surface area (Å²) in [5.41, 5.74) is 5.15. The Balaban J connectivity index is 2.93. The molecule has 0 spiro atoms. The van der Waals surface area contributed by atoms with E-state index >= 15 is 0 Å². The Morgan fingerprint density at radius 1 is 1.33 bits per heavy atom. The van der Waals surface area contributed by atoms with E-state index < -0.39 is 35.2 Å². The lowest BCUT2D eigenvalue weighted by Gasteiger charge is -2.07. The van der Waals surface area contributed by atoms with E-state index in [1.807, 2.05) is 0 Å². The van der Waals surface area contributed by atoms with E-state index in [1.165, 1.54) is 6.92 Å². The molecule has 0 unspecified atom stereocenters. The number of ether oxygens (including phenoxy) is 1. The molecule has 3 nitrogen and oxygen atoms in total. The fourth-order valence-corrected chi connectivity index (χ4v) is 0.800. The molecule has 0 saturated carbocycles. The Hall–Kier alpha value is -1.56. The smallest absolute Gasteiger partial charge is 0.328 e. The molecular formula is C9H8F3NO2. The molecule has 1 rings (SSSR count). The number of hydrogen-bond acceptors (Lipinski definition) is 3. The zero-order valence-corrected chi connectivity index (χ0v) is 7.76. The van der Waals surface area contributed by atoms with Crippen LogP contribution in [-0.2, 0) is 4.79 Å². The van der Waals surface area contributed by atoms with Crippen molar-refractivity contribution in [3.05, 3.63) is 29.6 Å². The number of hydrogen-bond donors (Lipinski definition) is 1. The minimum atomic E-state index is -1.62. The van der Waals surface area contributed by atoms with Crippen molar-refractivity contribution in [1.29, 1.82) is 0 Å². The van der Waals surface area contributed by atoms with E-state index in [9.17, 15) is 18.0 Å². The molecule has 15 heavy (non-hydrogen) atoms. The lowest BCUT2D eigenvalue weighted by Crippen LogP contribution is -2.30. The minimum Gasteiger partial charge on any atom is -0.425 e. The van der Waals surface area contributed by atoms with Crippen LogP contribution in [0, 0.1) is 17.5 Å². The number of halogens is 3. The third kappa shape index (κ3) is 2.69. The molecule has 0 amide bonds. The fourth-order valence-electron chi connectivity index (χ4n) is 0.800. The first-order chi connectivity index (χ1) is 6.91. The first-order valence-electron chi connectivity index (χ1n) is 4.03. The van der Waals surface area contributed by atoms with Gasteiger partial charge in [0.1, 0.15) is 11.8 Å². The molecule has 0 heterocycles. The topological polar surface area (TPSA) is 52.3 Å². The third-order valence-corrected chi connectivity index (χ3v) is 1.55. The van der Waals surface area contributed by atoms with Gasteiger partial charge in [0.2, 0.25) is 0 Å². The van der Waals surface area contributed by atoms with Crippen LogP contribution in [0.1, 0.15) is 6.92 Å². The standard InChI is InChI=1S/C9H8F3NO2/c1-4(13)9(14)15-5-2-6(10)8(12)7(11)3-5/h2-4H,13H2,1H3/t4-/m0/s1. The largest absolute Gasteiger partial charge is 0.425 e. The van der Waals surface area contributed by atoms with Crippen LogP contribution >= 0.6 is 0 Å². The van der Waals surface area contributed by atoms with Crippen molar-refractivity contribution in [3.8, 4) is 5.75 Å².